The minimum atomic E-state index is -1.56. The molecule has 3 unspecified atom stereocenters. The van der Waals surface area contributed by atoms with Gasteiger partial charge >= 0.3 is 11.9 Å². The van der Waals surface area contributed by atoms with Crippen molar-refractivity contribution in [2.45, 2.75) is 77.8 Å². The summed E-state index contributed by atoms with van der Waals surface area (Å²) in [6.45, 7) is 9.66. The topological polar surface area (TPSA) is 113 Å². The molecule has 1 aliphatic carbocycles. The van der Waals surface area contributed by atoms with E-state index >= 15 is 0 Å². The van der Waals surface area contributed by atoms with Gasteiger partial charge in [-0.2, -0.15) is 0 Å². The third-order valence-electron chi connectivity index (χ3n) is 11.0. The van der Waals surface area contributed by atoms with Crippen LogP contribution in [-0.2, 0) is 42.2 Å². The largest absolute Gasteiger partial charge is 0.493 e. The van der Waals surface area contributed by atoms with Crippen LogP contribution < -0.4 is 18.9 Å². The quantitative estimate of drug-likeness (QED) is 0.231. The number of rotatable bonds is 11. The molecule has 1 saturated carbocycles. The predicted octanol–water partition coefficient (Wildman–Crippen LogP) is 5.24. The average molecular weight is 681 g/mol. The first-order valence-electron chi connectivity index (χ1n) is 17.5. The fourth-order valence-corrected chi connectivity index (χ4v) is 8.77. The number of amides is 1. The van der Waals surface area contributed by atoms with E-state index in [1.807, 2.05) is 36.1 Å². The molecule has 1 spiro atoms. The van der Waals surface area contributed by atoms with E-state index in [1.165, 1.54) is 0 Å². The number of hydrogen-bond donors (Lipinski definition) is 0. The lowest BCUT2D eigenvalue weighted by molar-refractivity contribution is -0.185. The predicted molar refractivity (Wildman–Crippen MR) is 183 cm³/mol. The minimum absolute atomic E-state index is 0.0107. The molecule has 2 aliphatic heterocycles. The summed E-state index contributed by atoms with van der Waals surface area (Å²) >= 11 is 0. The van der Waals surface area contributed by atoms with Crippen molar-refractivity contribution in [1.29, 1.82) is 0 Å². The minimum Gasteiger partial charge on any atom is -0.493 e. The molecule has 3 atom stereocenters. The highest BCUT2D eigenvalue weighted by molar-refractivity contribution is 6.00. The van der Waals surface area contributed by atoms with Crippen LogP contribution in [0, 0.1) is 11.3 Å². The van der Waals surface area contributed by atoms with E-state index in [9.17, 15) is 14.4 Å². The highest BCUT2D eigenvalue weighted by Crippen LogP contribution is 2.61. The van der Waals surface area contributed by atoms with Crippen LogP contribution >= 0.6 is 0 Å². The van der Waals surface area contributed by atoms with E-state index in [0.29, 0.717) is 55.4 Å². The Morgan fingerprint density at radius 2 is 1.29 bits per heavy atom. The number of fused-ring (bicyclic) bond motifs is 3. The lowest BCUT2D eigenvalue weighted by Crippen LogP contribution is -2.65. The maximum Gasteiger partial charge on any atom is 0.323 e. The molecule has 49 heavy (non-hydrogen) atoms. The highest BCUT2D eigenvalue weighted by atomic mass is 16.6. The van der Waals surface area contributed by atoms with Gasteiger partial charge in [0.05, 0.1) is 47.2 Å². The Morgan fingerprint density at radius 1 is 0.735 bits per heavy atom. The lowest BCUT2D eigenvalue weighted by atomic mass is 9.54. The van der Waals surface area contributed by atoms with Crippen molar-refractivity contribution in [2.75, 3.05) is 61.3 Å². The first-order chi connectivity index (χ1) is 23.6. The molecule has 1 amide bonds. The molecule has 2 aromatic rings. The number of carbonyl (C=O) groups is 3. The van der Waals surface area contributed by atoms with Gasteiger partial charge < -0.3 is 33.3 Å². The number of esters is 2. The molecule has 5 rings (SSSR count). The summed E-state index contributed by atoms with van der Waals surface area (Å²) in [5.41, 5.74) is 1.65. The van der Waals surface area contributed by atoms with Crippen LogP contribution in [-0.4, -0.2) is 88.9 Å². The van der Waals surface area contributed by atoms with E-state index in [2.05, 4.69) is 11.8 Å². The van der Waals surface area contributed by atoms with Crippen molar-refractivity contribution < 1.29 is 42.8 Å². The number of carbonyl (C=O) groups excluding carboxylic acids is 3. The molecule has 3 aliphatic rings. The molecule has 0 saturated heterocycles. The van der Waals surface area contributed by atoms with E-state index in [1.54, 1.807) is 42.3 Å². The first kappa shape index (κ1) is 36.3. The third-order valence-corrected chi connectivity index (χ3v) is 11.0. The summed E-state index contributed by atoms with van der Waals surface area (Å²) in [6, 6.07) is 7.77. The fraction of sp³-hybridized carbons (Fsp3) is 0.605. The van der Waals surface area contributed by atoms with Crippen molar-refractivity contribution >= 4 is 17.8 Å². The van der Waals surface area contributed by atoms with Gasteiger partial charge in [-0.3, -0.25) is 19.3 Å². The molecule has 11 heteroatoms. The second-order valence-electron chi connectivity index (χ2n) is 13.0. The summed E-state index contributed by atoms with van der Waals surface area (Å²) in [6.07, 6.45) is 2.31. The zero-order chi connectivity index (χ0) is 35.5. The van der Waals surface area contributed by atoms with Crippen LogP contribution in [0.15, 0.2) is 24.3 Å². The van der Waals surface area contributed by atoms with Crippen LogP contribution in [0.4, 0.5) is 0 Å². The van der Waals surface area contributed by atoms with Gasteiger partial charge in [0, 0.05) is 31.5 Å². The Hall–Kier alpha value is -3.99. The number of benzene rings is 2. The smallest absolute Gasteiger partial charge is 0.323 e. The Balaban J connectivity index is 1.88. The van der Waals surface area contributed by atoms with Crippen molar-refractivity contribution in [2.24, 2.45) is 11.3 Å². The molecule has 0 radical (unpaired) electrons. The maximum absolute atomic E-state index is 14.2. The number of methoxy groups -OCH3 is 4. The molecule has 2 heterocycles. The van der Waals surface area contributed by atoms with Crippen molar-refractivity contribution in [3.05, 3.63) is 46.5 Å². The van der Waals surface area contributed by atoms with E-state index in [-0.39, 0.29) is 38.0 Å². The van der Waals surface area contributed by atoms with Gasteiger partial charge in [0.25, 0.3) is 0 Å². The van der Waals surface area contributed by atoms with E-state index in [0.717, 1.165) is 35.2 Å². The van der Waals surface area contributed by atoms with Gasteiger partial charge in [-0.05, 0) is 99.0 Å². The molecule has 0 aromatic heterocycles. The van der Waals surface area contributed by atoms with Gasteiger partial charge in [-0.1, -0.05) is 13.8 Å². The first-order valence-corrected chi connectivity index (χ1v) is 17.5. The van der Waals surface area contributed by atoms with Gasteiger partial charge in [0.2, 0.25) is 5.91 Å². The zero-order valence-corrected chi connectivity index (χ0v) is 30.3. The standard InChI is InChI=1S/C38H52N2O9/c1-9-33(41)40-18-14-25-20-30(45-6)32(47-8)22-27(25)38(40)16-15-37(35(42)48-11-3,36(43)49-12-4)23-28(38)34-26-21-31(46-7)29(44-5)19-24(26)13-17-39(34)10-2/h19-22,28,34H,9-18,23H2,1-8H3. The average Bonchev–Trinajstić information content (AvgIpc) is 3.13. The SMILES string of the molecule is CCOC(=O)C1(C(=O)OCC)CCC2(c3cc(OC)c(OC)cc3CCN2C(=O)CC)C(C2c3cc(OC)c(OC)cc3CCN2CC)C1. The van der Waals surface area contributed by atoms with Crippen LogP contribution in [0.25, 0.3) is 0 Å². The molecular weight excluding hydrogens is 628 g/mol. The molecule has 2 aromatic carbocycles. The van der Waals surface area contributed by atoms with Crippen LogP contribution in [0.1, 0.15) is 81.7 Å². The molecule has 0 bridgehead atoms. The number of hydrogen-bond acceptors (Lipinski definition) is 10. The van der Waals surface area contributed by atoms with Crippen molar-refractivity contribution in [3.63, 3.8) is 0 Å². The normalized spacial score (nSPS) is 22.8. The lowest BCUT2D eigenvalue weighted by Gasteiger charge is -2.60. The van der Waals surface area contributed by atoms with Gasteiger partial charge in [-0.15, -0.1) is 0 Å². The van der Waals surface area contributed by atoms with E-state index in [4.69, 9.17) is 28.4 Å². The highest BCUT2D eigenvalue weighted by Gasteiger charge is 2.64. The molecule has 1 fully saturated rings. The second-order valence-corrected chi connectivity index (χ2v) is 13.0. The number of likely N-dealkylation sites (N-methyl/N-ethyl adjacent to an activating group) is 1. The summed E-state index contributed by atoms with van der Waals surface area (Å²) in [7, 11) is 6.47. The van der Waals surface area contributed by atoms with Gasteiger partial charge in [0.15, 0.2) is 28.4 Å². The fourth-order valence-electron chi connectivity index (χ4n) is 8.77. The molecule has 268 valence electrons. The number of nitrogens with zero attached hydrogens (tertiary/aromatic N) is 2. The van der Waals surface area contributed by atoms with Gasteiger partial charge in [0.1, 0.15) is 0 Å². The Bertz CT molecular complexity index is 1540. The Kier molecular flexibility index (Phi) is 11.0. The Morgan fingerprint density at radius 3 is 1.84 bits per heavy atom. The van der Waals surface area contributed by atoms with Gasteiger partial charge in [-0.25, -0.2) is 0 Å². The van der Waals surface area contributed by atoms with Crippen LogP contribution in [0.3, 0.4) is 0 Å². The zero-order valence-electron chi connectivity index (χ0n) is 30.3. The van der Waals surface area contributed by atoms with Crippen LogP contribution in [0.2, 0.25) is 0 Å². The third kappa shape index (κ3) is 5.98. The summed E-state index contributed by atoms with van der Waals surface area (Å²) in [4.78, 5) is 46.9. The second kappa shape index (κ2) is 14.9. The summed E-state index contributed by atoms with van der Waals surface area (Å²) < 4.78 is 34.5. The summed E-state index contributed by atoms with van der Waals surface area (Å²) in [5, 5.41) is 0. The number of ether oxygens (including phenoxy) is 6. The molecule has 11 nitrogen and oxygen atoms in total. The van der Waals surface area contributed by atoms with E-state index < -0.39 is 28.8 Å². The van der Waals surface area contributed by atoms with Crippen LogP contribution in [0.5, 0.6) is 23.0 Å². The molecule has 0 N–H and O–H groups in total. The Labute approximate surface area is 290 Å². The molecular formula is C38H52N2O9. The summed E-state index contributed by atoms with van der Waals surface area (Å²) in [5.74, 6) is 0.776. The van der Waals surface area contributed by atoms with Crippen molar-refractivity contribution in [3.8, 4) is 23.0 Å². The maximum atomic E-state index is 14.2. The van der Waals surface area contributed by atoms with Crippen molar-refractivity contribution in [1.82, 2.24) is 9.80 Å². The monoisotopic (exact) mass is 680 g/mol.